The molecule has 2 aromatic rings. The first-order valence-corrected chi connectivity index (χ1v) is 7.92. The molecule has 142 valence electrons. The van der Waals surface area contributed by atoms with Gasteiger partial charge in [0.1, 0.15) is 23.8 Å². The third-order valence-corrected chi connectivity index (χ3v) is 4.14. The van der Waals surface area contributed by atoms with E-state index < -0.39 is 28.8 Å². The van der Waals surface area contributed by atoms with Gasteiger partial charge in [-0.1, -0.05) is 6.07 Å². The number of aromatic nitrogens is 1. The number of rotatable bonds is 4. The first-order chi connectivity index (χ1) is 12.8. The van der Waals surface area contributed by atoms with Gasteiger partial charge in [0, 0.05) is 31.4 Å². The summed E-state index contributed by atoms with van der Waals surface area (Å²) in [5.74, 6) is -2.36. The van der Waals surface area contributed by atoms with Crippen LogP contribution in [0.5, 0.6) is 11.5 Å². The monoisotopic (exact) mass is 376 g/mol. The fourth-order valence-electron chi connectivity index (χ4n) is 2.66. The van der Waals surface area contributed by atoms with Gasteiger partial charge in [0.25, 0.3) is 11.8 Å². The van der Waals surface area contributed by atoms with Gasteiger partial charge in [-0.3, -0.25) is 19.1 Å². The van der Waals surface area contributed by atoms with Gasteiger partial charge in [0.05, 0.1) is 7.11 Å². The summed E-state index contributed by atoms with van der Waals surface area (Å²) in [5.41, 5.74) is 1.74. The summed E-state index contributed by atoms with van der Waals surface area (Å²) in [6.07, 6.45) is 1.15. The fraction of sp³-hybridized carbons (Fsp3) is 0.235. The molecule has 1 aromatic heterocycles. The van der Waals surface area contributed by atoms with Gasteiger partial charge in [-0.2, -0.15) is 0 Å². The van der Waals surface area contributed by atoms with Crippen LogP contribution in [0.15, 0.2) is 29.2 Å². The maximum absolute atomic E-state index is 13.2. The molecule has 0 radical (unpaired) electrons. The Morgan fingerprint density at radius 1 is 1.41 bits per heavy atom. The molecule has 0 aliphatic carbocycles. The lowest BCUT2D eigenvalue weighted by atomic mass is 10.1. The van der Waals surface area contributed by atoms with Crippen molar-refractivity contribution in [2.24, 2.45) is 0 Å². The van der Waals surface area contributed by atoms with Gasteiger partial charge >= 0.3 is 0 Å². The van der Waals surface area contributed by atoms with E-state index in [9.17, 15) is 23.9 Å². The number of aromatic hydroxyl groups is 1. The van der Waals surface area contributed by atoms with Crippen LogP contribution in [-0.4, -0.2) is 47.3 Å². The molecule has 0 atom stereocenters. The molecule has 1 aromatic carbocycles. The second-order valence-corrected chi connectivity index (χ2v) is 5.90. The van der Waals surface area contributed by atoms with E-state index in [-0.39, 0.29) is 30.2 Å². The van der Waals surface area contributed by atoms with Crippen LogP contribution >= 0.6 is 0 Å². The molecule has 1 aliphatic rings. The van der Waals surface area contributed by atoms with E-state index in [1.807, 2.05) is 0 Å². The van der Waals surface area contributed by atoms with Gasteiger partial charge in [-0.25, -0.2) is 4.39 Å². The van der Waals surface area contributed by atoms with E-state index in [1.54, 1.807) is 0 Å². The summed E-state index contributed by atoms with van der Waals surface area (Å²) < 4.78 is 19.4. The highest BCUT2D eigenvalue weighted by Gasteiger charge is 2.29. The predicted octanol–water partition coefficient (Wildman–Crippen LogP) is 0.218. The van der Waals surface area contributed by atoms with Gasteiger partial charge in [0.15, 0.2) is 11.4 Å². The van der Waals surface area contributed by atoms with Crippen LogP contribution in [0.2, 0.25) is 0 Å². The quantitative estimate of drug-likeness (QED) is 0.704. The number of methoxy groups -OCH3 is 1. The Balaban J connectivity index is 1.87. The number of fused-ring (bicyclic) bond motifs is 1. The molecule has 0 bridgehead atoms. The molecule has 10 heteroatoms. The molecule has 9 nitrogen and oxygen atoms in total. The summed E-state index contributed by atoms with van der Waals surface area (Å²) in [4.78, 5) is 38.1. The smallest absolute Gasteiger partial charge is 0.277 e. The highest BCUT2D eigenvalue weighted by Crippen LogP contribution is 2.20. The fourth-order valence-corrected chi connectivity index (χ4v) is 2.66. The number of amides is 2. The SMILES string of the molecule is COc1cc(F)ccc1CNC(=O)c1cn2c(c(O)c1=O)C(=O)N(C)CN2. The average Bonchev–Trinajstić information content (AvgIpc) is 2.65. The van der Waals surface area contributed by atoms with Crippen molar-refractivity contribution >= 4 is 11.8 Å². The van der Waals surface area contributed by atoms with Crippen LogP contribution in [0.1, 0.15) is 26.4 Å². The summed E-state index contributed by atoms with van der Waals surface area (Å²) in [6.45, 7) is 0.112. The Hall–Kier alpha value is -3.56. The molecule has 0 saturated heterocycles. The second-order valence-electron chi connectivity index (χ2n) is 5.90. The zero-order chi connectivity index (χ0) is 19.7. The first kappa shape index (κ1) is 18.2. The van der Waals surface area contributed by atoms with E-state index in [0.29, 0.717) is 5.56 Å². The zero-order valence-electron chi connectivity index (χ0n) is 14.6. The Labute approximate surface area is 152 Å². The van der Waals surface area contributed by atoms with Crippen LogP contribution in [0.25, 0.3) is 0 Å². The number of benzene rings is 1. The number of carbonyl (C=O) groups excluding carboxylic acids is 2. The summed E-state index contributed by atoms with van der Waals surface area (Å²) in [7, 11) is 2.87. The number of hydrogen-bond donors (Lipinski definition) is 3. The summed E-state index contributed by atoms with van der Waals surface area (Å²) in [6, 6.07) is 3.84. The summed E-state index contributed by atoms with van der Waals surface area (Å²) >= 11 is 0. The van der Waals surface area contributed by atoms with E-state index in [1.165, 1.54) is 37.3 Å². The maximum Gasteiger partial charge on any atom is 0.277 e. The number of pyridine rings is 1. The van der Waals surface area contributed by atoms with Crippen LogP contribution < -0.4 is 20.9 Å². The third kappa shape index (κ3) is 3.28. The molecule has 1 aliphatic heterocycles. The maximum atomic E-state index is 13.2. The highest BCUT2D eigenvalue weighted by molar-refractivity contribution is 5.99. The molecule has 3 N–H and O–H groups in total. The molecule has 2 amide bonds. The van der Waals surface area contributed by atoms with Crippen molar-refractivity contribution in [2.75, 3.05) is 26.3 Å². The zero-order valence-corrected chi connectivity index (χ0v) is 14.6. The van der Waals surface area contributed by atoms with Gasteiger partial charge in [-0.05, 0) is 6.07 Å². The van der Waals surface area contributed by atoms with Crippen molar-refractivity contribution in [2.45, 2.75) is 6.54 Å². The summed E-state index contributed by atoms with van der Waals surface area (Å²) in [5, 5.41) is 12.6. The van der Waals surface area contributed by atoms with E-state index >= 15 is 0 Å². The lowest BCUT2D eigenvalue weighted by Crippen LogP contribution is -2.45. The topological polar surface area (TPSA) is 113 Å². The molecule has 2 heterocycles. The number of ether oxygens (including phenoxy) is 1. The van der Waals surface area contributed by atoms with Gasteiger partial charge < -0.3 is 25.5 Å². The van der Waals surface area contributed by atoms with Crippen LogP contribution in [0, 0.1) is 5.82 Å². The van der Waals surface area contributed by atoms with E-state index in [4.69, 9.17) is 4.74 Å². The van der Waals surface area contributed by atoms with Crippen molar-refractivity contribution < 1.29 is 23.8 Å². The van der Waals surface area contributed by atoms with E-state index in [0.717, 1.165) is 10.9 Å². The molecule has 0 unspecified atom stereocenters. The van der Waals surface area contributed by atoms with Crippen LogP contribution in [0.3, 0.4) is 0 Å². The lowest BCUT2D eigenvalue weighted by molar-refractivity contribution is 0.0761. The Morgan fingerprint density at radius 3 is 2.85 bits per heavy atom. The number of nitrogens with zero attached hydrogens (tertiary/aromatic N) is 2. The largest absolute Gasteiger partial charge is 0.502 e. The third-order valence-electron chi connectivity index (χ3n) is 4.14. The normalized spacial score (nSPS) is 13.0. The number of carbonyl (C=O) groups is 2. The molecule has 27 heavy (non-hydrogen) atoms. The minimum atomic E-state index is -0.963. The van der Waals surface area contributed by atoms with Gasteiger partial charge in [-0.15, -0.1) is 0 Å². The van der Waals surface area contributed by atoms with Gasteiger partial charge in [0.2, 0.25) is 5.43 Å². The van der Waals surface area contributed by atoms with Crippen LogP contribution in [-0.2, 0) is 6.54 Å². The molecule has 0 saturated carbocycles. The molecule has 3 rings (SSSR count). The molecular formula is C17H17FN4O5. The Morgan fingerprint density at radius 2 is 2.15 bits per heavy atom. The van der Waals surface area contributed by atoms with E-state index in [2.05, 4.69) is 10.7 Å². The Kier molecular flexibility index (Phi) is 4.72. The first-order valence-electron chi connectivity index (χ1n) is 7.92. The average molecular weight is 376 g/mol. The van der Waals surface area contributed by atoms with Crippen molar-refractivity contribution in [1.82, 2.24) is 14.9 Å². The predicted molar refractivity (Wildman–Crippen MR) is 92.8 cm³/mol. The standard InChI is InChI=1S/C17H17FN4O5/c1-21-8-20-22-7-11(14(23)15(24)13(22)17(21)26)16(25)19-6-9-3-4-10(18)5-12(9)27-2/h3-5,7,20,24H,6,8H2,1-2H3,(H,19,25). The number of hydrogen-bond acceptors (Lipinski definition) is 6. The second kappa shape index (κ2) is 6.98. The molecule has 0 fully saturated rings. The van der Waals surface area contributed by atoms with Crippen molar-refractivity contribution in [3.8, 4) is 11.5 Å². The highest BCUT2D eigenvalue weighted by atomic mass is 19.1. The van der Waals surface area contributed by atoms with Crippen molar-refractivity contribution in [3.63, 3.8) is 0 Å². The van der Waals surface area contributed by atoms with Crippen molar-refractivity contribution in [3.05, 3.63) is 57.3 Å². The molecular weight excluding hydrogens is 359 g/mol. The van der Waals surface area contributed by atoms with Crippen LogP contribution in [0.4, 0.5) is 4.39 Å². The lowest BCUT2D eigenvalue weighted by Gasteiger charge is -2.28. The Bertz CT molecular complexity index is 988. The number of nitrogens with one attached hydrogen (secondary N) is 2. The minimum absolute atomic E-state index is 0.0284. The molecule has 0 spiro atoms. The number of halogens is 1. The minimum Gasteiger partial charge on any atom is -0.502 e. The van der Waals surface area contributed by atoms with Crippen molar-refractivity contribution in [1.29, 1.82) is 0 Å².